The molecular weight excluding hydrogens is 523 g/mol. The Balaban J connectivity index is 1.40. The number of benzene rings is 2. The minimum atomic E-state index is -5.84. The highest BCUT2D eigenvalue weighted by molar-refractivity contribution is 7.88. The first-order chi connectivity index (χ1) is 17.9. The normalized spacial score (nSPS) is 20.5. The van der Waals surface area contributed by atoms with Gasteiger partial charge in [-0.1, -0.05) is 6.07 Å². The van der Waals surface area contributed by atoms with Crippen LogP contribution < -0.4 is 19.6 Å². The number of hydrogen-bond donors (Lipinski definition) is 2. The minimum absolute atomic E-state index is 0.335. The number of aryl methyl sites for hydroxylation is 1. The maximum Gasteiger partial charge on any atom is 0.534 e. The van der Waals surface area contributed by atoms with Crippen LogP contribution in [0.25, 0.3) is 0 Å². The highest BCUT2D eigenvalue weighted by Gasteiger charge is 2.50. The number of rotatable bonds is 8. The van der Waals surface area contributed by atoms with Crippen LogP contribution in [0.5, 0.6) is 11.5 Å². The maximum atomic E-state index is 13.5. The van der Waals surface area contributed by atoms with E-state index in [2.05, 4.69) is 19.7 Å². The largest absolute Gasteiger partial charge is 0.534 e. The molecule has 0 aromatic heterocycles. The van der Waals surface area contributed by atoms with Crippen molar-refractivity contribution in [3.8, 4) is 11.5 Å². The molecule has 2 fully saturated rings. The smallest absolute Gasteiger partial charge is 0.492 e. The molecule has 38 heavy (non-hydrogen) atoms. The summed E-state index contributed by atoms with van der Waals surface area (Å²) in [4.78, 5) is 15.7. The fraction of sp³-hybridized carbons (Fsp3) is 0.500. The van der Waals surface area contributed by atoms with Crippen molar-refractivity contribution in [1.82, 2.24) is 10.2 Å². The number of hydrogen-bond acceptors (Lipinski definition) is 7. The van der Waals surface area contributed by atoms with Crippen molar-refractivity contribution >= 4 is 21.7 Å². The number of alkyl halides is 3. The number of anilines is 1. The molecule has 1 atom stereocenters. The molecule has 2 N–H and O–H groups in total. The highest BCUT2D eigenvalue weighted by Crippen LogP contribution is 2.50. The van der Waals surface area contributed by atoms with Crippen LogP contribution in [0.1, 0.15) is 52.7 Å². The number of halogens is 3. The van der Waals surface area contributed by atoms with Gasteiger partial charge in [0.1, 0.15) is 18.1 Å². The second-order valence-electron chi connectivity index (χ2n) is 10.3. The zero-order chi connectivity index (χ0) is 27.3. The summed E-state index contributed by atoms with van der Waals surface area (Å²) in [7, 11) is -3.81. The van der Waals surface area contributed by atoms with Crippen LogP contribution in [-0.2, 0) is 22.1 Å². The Hall–Kier alpha value is -2.99. The minimum Gasteiger partial charge on any atom is -0.492 e. The molecule has 2 heterocycles. The van der Waals surface area contributed by atoms with Gasteiger partial charge in [0.05, 0.1) is 5.54 Å². The molecule has 0 spiro atoms. The molecule has 2 aliphatic heterocycles. The number of carbonyl (C=O) groups is 1. The van der Waals surface area contributed by atoms with E-state index in [9.17, 15) is 26.4 Å². The van der Waals surface area contributed by atoms with E-state index in [1.807, 2.05) is 26.1 Å². The zero-order valence-corrected chi connectivity index (χ0v) is 22.0. The lowest BCUT2D eigenvalue weighted by molar-refractivity contribution is -0.0500. The van der Waals surface area contributed by atoms with Gasteiger partial charge in [0.25, 0.3) is 5.91 Å². The predicted octanol–water partition coefficient (Wildman–Crippen LogP) is 4.08. The molecule has 0 bridgehead atoms. The molecule has 1 amide bonds. The second kappa shape index (κ2) is 9.64. The standard InChI is InChI=1S/C26H30F3N3O5S/c1-16-5-6-18(36-15-17-7-11-32(17)2)12-21(16)24(33)31-25(8-9-25)22-13-19(37-38(34,35)26(27,28)29)14-23-20(22)4-3-10-30-23/h5-6,12-14,17,30H,3-4,7-11,15H2,1-2H3,(H,31,33). The third-order valence-electron chi connectivity index (χ3n) is 7.58. The molecule has 206 valence electrons. The lowest BCUT2D eigenvalue weighted by atomic mass is 9.91. The van der Waals surface area contributed by atoms with Crippen LogP contribution in [0.3, 0.4) is 0 Å². The van der Waals surface area contributed by atoms with E-state index in [0.717, 1.165) is 30.5 Å². The van der Waals surface area contributed by atoms with Crippen molar-refractivity contribution in [3.05, 3.63) is 52.6 Å². The summed E-state index contributed by atoms with van der Waals surface area (Å²) in [6.07, 6.45) is 3.61. The number of likely N-dealkylation sites (tertiary alicyclic amines) is 1. The molecule has 12 heteroatoms. The summed E-state index contributed by atoms with van der Waals surface area (Å²) in [6.45, 7) is 3.96. The summed E-state index contributed by atoms with van der Waals surface area (Å²) in [5, 5.41) is 6.19. The Morgan fingerprint density at radius 1 is 1.21 bits per heavy atom. The lowest BCUT2D eigenvalue weighted by Crippen LogP contribution is -2.48. The summed E-state index contributed by atoms with van der Waals surface area (Å²) >= 11 is 0. The van der Waals surface area contributed by atoms with Crippen LogP contribution in [0, 0.1) is 6.92 Å². The molecule has 3 aliphatic rings. The highest BCUT2D eigenvalue weighted by atomic mass is 32.2. The van der Waals surface area contributed by atoms with Gasteiger partial charge in [-0.05, 0) is 87.5 Å². The van der Waals surface area contributed by atoms with Crippen molar-refractivity contribution in [2.75, 3.05) is 32.1 Å². The summed E-state index contributed by atoms with van der Waals surface area (Å²) in [6, 6.07) is 8.26. The first kappa shape index (κ1) is 26.6. The van der Waals surface area contributed by atoms with E-state index < -0.39 is 26.9 Å². The van der Waals surface area contributed by atoms with E-state index >= 15 is 0 Å². The topological polar surface area (TPSA) is 97.0 Å². The molecule has 2 aromatic carbocycles. The zero-order valence-electron chi connectivity index (χ0n) is 21.2. The van der Waals surface area contributed by atoms with Gasteiger partial charge in [-0.25, -0.2) is 0 Å². The maximum absolute atomic E-state index is 13.5. The average Bonchev–Trinajstić information content (AvgIpc) is 3.63. The molecular formula is C26H30F3N3O5S. The van der Waals surface area contributed by atoms with Crippen LogP contribution in [0.2, 0.25) is 0 Å². The Kier molecular flexibility index (Phi) is 6.75. The van der Waals surface area contributed by atoms with Crippen molar-refractivity contribution in [2.45, 2.75) is 56.1 Å². The quantitative estimate of drug-likeness (QED) is 0.376. The van der Waals surface area contributed by atoms with E-state index in [1.54, 1.807) is 6.07 Å². The molecule has 8 nitrogen and oxygen atoms in total. The Bertz CT molecular complexity index is 1360. The molecule has 1 aliphatic carbocycles. The fourth-order valence-electron chi connectivity index (χ4n) is 4.99. The van der Waals surface area contributed by atoms with Crippen LogP contribution in [-0.4, -0.2) is 57.5 Å². The van der Waals surface area contributed by atoms with Crippen LogP contribution in [0.4, 0.5) is 18.9 Å². The summed E-state index contributed by atoms with van der Waals surface area (Å²) < 4.78 is 72.7. The third-order valence-corrected chi connectivity index (χ3v) is 8.56. The molecule has 1 unspecified atom stereocenters. The van der Waals surface area contributed by atoms with Gasteiger partial charge >= 0.3 is 15.6 Å². The molecule has 1 saturated heterocycles. The summed E-state index contributed by atoms with van der Waals surface area (Å²) in [5.41, 5.74) is -3.28. The molecule has 1 saturated carbocycles. The molecule has 0 radical (unpaired) electrons. The Labute approximate surface area is 219 Å². The number of nitrogens with zero attached hydrogens (tertiary/aromatic N) is 1. The molecule has 2 aromatic rings. The second-order valence-corrected chi connectivity index (χ2v) is 11.8. The predicted molar refractivity (Wildman–Crippen MR) is 135 cm³/mol. The van der Waals surface area contributed by atoms with Crippen LogP contribution in [0.15, 0.2) is 30.3 Å². The SMILES string of the molecule is Cc1ccc(OCC2CCN2C)cc1C(=O)NC1(c2cc(OS(=O)(=O)C(F)(F)F)cc3c2CCCN3)CC1. The average molecular weight is 554 g/mol. The van der Waals surface area contributed by atoms with Gasteiger partial charge in [-0.15, -0.1) is 0 Å². The van der Waals surface area contributed by atoms with Crippen molar-refractivity contribution in [2.24, 2.45) is 0 Å². The number of carbonyl (C=O) groups excluding carboxylic acids is 1. The number of nitrogens with one attached hydrogen (secondary N) is 2. The van der Waals surface area contributed by atoms with Gasteiger partial charge in [0, 0.05) is 29.9 Å². The number of amides is 1. The first-order valence-electron chi connectivity index (χ1n) is 12.6. The van der Waals surface area contributed by atoms with E-state index in [0.29, 0.717) is 61.0 Å². The Morgan fingerprint density at radius 2 is 1.97 bits per heavy atom. The number of likely N-dealkylation sites (N-methyl/N-ethyl adjacent to an activating group) is 1. The molecule has 5 rings (SSSR count). The lowest BCUT2D eigenvalue weighted by Gasteiger charge is -2.37. The Morgan fingerprint density at radius 3 is 2.61 bits per heavy atom. The van der Waals surface area contributed by atoms with Crippen molar-refractivity contribution in [3.63, 3.8) is 0 Å². The third kappa shape index (κ3) is 5.15. The number of ether oxygens (including phenoxy) is 1. The van der Waals surface area contributed by atoms with E-state index in [-0.39, 0.29) is 5.91 Å². The van der Waals surface area contributed by atoms with Gasteiger partial charge in [-0.3, -0.25) is 9.69 Å². The van der Waals surface area contributed by atoms with Gasteiger partial charge in [-0.2, -0.15) is 21.6 Å². The van der Waals surface area contributed by atoms with Gasteiger partial charge in [0.15, 0.2) is 0 Å². The monoisotopic (exact) mass is 553 g/mol. The number of fused-ring (bicyclic) bond motifs is 1. The van der Waals surface area contributed by atoms with Crippen molar-refractivity contribution in [1.29, 1.82) is 0 Å². The van der Waals surface area contributed by atoms with Gasteiger partial charge in [0.2, 0.25) is 0 Å². The van der Waals surface area contributed by atoms with Crippen molar-refractivity contribution < 1.29 is 35.3 Å². The fourth-order valence-corrected chi connectivity index (χ4v) is 5.43. The van der Waals surface area contributed by atoms with Crippen LogP contribution >= 0.6 is 0 Å². The van der Waals surface area contributed by atoms with Gasteiger partial charge < -0.3 is 19.6 Å². The van der Waals surface area contributed by atoms with E-state index in [4.69, 9.17) is 4.74 Å². The first-order valence-corrected chi connectivity index (χ1v) is 14.0. The van der Waals surface area contributed by atoms with E-state index in [1.165, 1.54) is 12.1 Å². The summed E-state index contributed by atoms with van der Waals surface area (Å²) in [5.74, 6) is -0.197.